The van der Waals surface area contributed by atoms with Gasteiger partial charge in [-0.15, -0.1) is 0 Å². The van der Waals surface area contributed by atoms with Crippen LogP contribution in [-0.2, 0) is 30.4 Å². The van der Waals surface area contributed by atoms with Gasteiger partial charge in [0.15, 0.2) is 0 Å². The zero-order chi connectivity index (χ0) is 28.0. The molecule has 11 N–H and O–H groups in total. The number of hydrogen-bond acceptors (Lipinski definition) is 9. The van der Waals surface area contributed by atoms with E-state index in [2.05, 4.69) is 16.0 Å². The fraction of sp³-hybridized carbons (Fsp3) is 0.522. The molecule has 14 nitrogen and oxygen atoms in total. The van der Waals surface area contributed by atoms with Crippen LogP contribution in [0.4, 0.5) is 0 Å². The van der Waals surface area contributed by atoms with Gasteiger partial charge in [0.2, 0.25) is 29.9 Å². The second-order valence-corrected chi connectivity index (χ2v) is 8.37. The quantitative estimate of drug-likeness (QED) is 0.0768. The number of carbonyl (C=O) groups is 5. The molecular weight excluding hydrogens is 488 g/mol. The largest absolute Gasteiger partial charge is 0.478 e. The zero-order valence-corrected chi connectivity index (χ0v) is 20.6. The molecule has 37 heavy (non-hydrogen) atoms. The van der Waals surface area contributed by atoms with Crippen molar-refractivity contribution in [2.24, 2.45) is 11.5 Å². The van der Waals surface area contributed by atoms with E-state index in [9.17, 15) is 29.1 Å². The smallest absolute Gasteiger partial charge is 0.353 e. The number of aliphatic hydroxyl groups excluding tert-OH is 2. The van der Waals surface area contributed by atoms with Crippen molar-refractivity contribution in [1.29, 1.82) is 0 Å². The highest BCUT2D eigenvalue weighted by molar-refractivity contribution is 5.95. The van der Waals surface area contributed by atoms with Crippen molar-refractivity contribution < 1.29 is 39.3 Å². The lowest BCUT2D eigenvalue weighted by atomic mass is 10.0. The average molecular weight is 525 g/mol. The maximum atomic E-state index is 12.8. The van der Waals surface area contributed by atoms with Crippen molar-refractivity contribution >= 4 is 29.6 Å². The summed E-state index contributed by atoms with van der Waals surface area (Å²) in [6, 6.07) is 3.83. The monoisotopic (exact) mass is 524 g/mol. The number of amides is 4. The summed E-state index contributed by atoms with van der Waals surface area (Å²) in [5.41, 5.74) is 11.6. The normalized spacial score (nSPS) is 14.8. The van der Waals surface area contributed by atoms with Gasteiger partial charge in [-0.05, 0) is 38.3 Å². The van der Waals surface area contributed by atoms with Crippen molar-refractivity contribution in [3.63, 3.8) is 0 Å². The van der Waals surface area contributed by atoms with Gasteiger partial charge in [0.1, 0.15) is 24.2 Å². The molecule has 0 aliphatic heterocycles. The van der Waals surface area contributed by atoms with Crippen molar-refractivity contribution in [3.8, 4) is 0 Å². The Morgan fingerprint density at radius 2 is 1.46 bits per heavy atom. The second kappa shape index (κ2) is 16.2. The van der Waals surface area contributed by atoms with Crippen LogP contribution in [0.5, 0.6) is 0 Å². The lowest BCUT2D eigenvalue weighted by molar-refractivity contribution is -0.151. The fourth-order valence-corrected chi connectivity index (χ4v) is 3.16. The van der Waals surface area contributed by atoms with E-state index >= 15 is 0 Å². The molecule has 0 aliphatic rings. The van der Waals surface area contributed by atoms with Crippen LogP contribution < -0.4 is 32.7 Å². The predicted octanol–water partition coefficient (Wildman–Crippen LogP) is -3.33. The summed E-state index contributed by atoms with van der Waals surface area (Å²) in [6.07, 6.45) is -0.923. The molecular formula is C23H36N6O8. The summed E-state index contributed by atoms with van der Waals surface area (Å²) in [4.78, 5) is 61.2. The van der Waals surface area contributed by atoms with E-state index in [-0.39, 0.29) is 12.8 Å². The van der Waals surface area contributed by atoms with E-state index in [4.69, 9.17) is 21.7 Å². The first-order chi connectivity index (χ1) is 17.5. The maximum Gasteiger partial charge on any atom is 0.353 e. The van der Waals surface area contributed by atoms with E-state index in [1.165, 1.54) is 6.92 Å². The Bertz CT molecular complexity index is 916. The molecule has 14 heteroatoms. The number of carbonyl (C=O) groups excluding carboxylic acids is 4. The molecule has 0 aromatic heterocycles. The summed E-state index contributed by atoms with van der Waals surface area (Å²) in [5, 5.41) is 36.7. The van der Waals surface area contributed by atoms with Gasteiger partial charge in [0, 0.05) is 6.42 Å². The van der Waals surface area contributed by atoms with Gasteiger partial charge in [-0.3, -0.25) is 19.2 Å². The van der Waals surface area contributed by atoms with Crippen LogP contribution >= 0.6 is 0 Å². The minimum Gasteiger partial charge on any atom is -0.478 e. The first kappa shape index (κ1) is 31.4. The van der Waals surface area contributed by atoms with E-state index in [1.807, 2.05) is 5.32 Å². The average Bonchev–Trinajstić information content (AvgIpc) is 2.87. The molecule has 1 aromatic carbocycles. The standard InChI is InChI=1S/C23H36N6O8/c1-13(26-20(33)16(9-5-6-10-24)27-19(32)15(25)12-30)18(31)28-17(11-14-7-3-2-4-8-14)21(34)29-22(35)23(36)37/h2-4,7-8,13,15-17,22,30,35H,5-6,9-12,24-25H2,1H3,(H,26,33)(H,27,32)(H,28,31)(H,29,34)(H,36,37)/t13-,15-,16-,17-,22?/m0/s1. The van der Waals surface area contributed by atoms with Gasteiger partial charge in [-0.1, -0.05) is 30.3 Å². The first-order valence-electron chi connectivity index (χ1n) is 11.7. The number of unbranched alkanes of at least 4 members (excludes halogenated alkanes) is 1. The number of aliphatic carboxylic acids is 1. The van der Waals surface area contributed by atoms with Crippen LogP contribution in [0.15, 0.2) is 30.3 Å². The van der Waals surface area contributed by atoms with Crippen LogP contribution in [0.2, 0.25) is 0 Å². The molecule has 4 amide bonds. The van der Waals surface area contributed by atoms with Crippen molar-refractivity contribution in [2.75, 3.05) is 13.2 Å². The van der Waals surface area contributed by atoms with Crippen LogP contribution in [0.3, 0.4) is 0 Å². The Labute approximate surface area is 214 Å². The summed E-state index contributed by atoms with van der Waals surface area (Å²) in [5.74, 6) is -4.83. The number of nitrogens with two attached hydrogens (primary N) is 2. The van der Waals surface area contributed by atoms with Gasteiger partial charge in [0.05, 0.1) is 6.61 Å². The number of carboxylic acids is 1. The summed E-state index contributed by atoms with van der Waals surface area (Å²) < 4.78 is 0. The number of nitrogens with one attached hydrogen (secondary N) is 4. The van der Waals surface area contributed by atoms with Crippen LogP contribution in [0.1, 0.15) is 31.7 Å². The van der Waals surface area contributed by atoms with Crippen molar-refractivity contribution in [1.82, 2.24) is 21.3 Å². The highest BCUT2D eigenvalue weighted by Crippen LogP contribution is 2.06. The maximum absolute atomic E-state index is 12.8. The van der Waals surface area contributed by atoms with Gasteiger partial charge >= 0.3 is 5.97 Å². The minimum atomic E-state index is -2.18. The molecule has 206 valence electrons. The molecule has 0 spiro atoms. The second-order valence-electron chi connectivity index (χ2n) is 8.37. The summed E-state index contributed by atoms with van der Waals surface area (Å²) >= 11 is 0. The summed E-state index contributed by atoms with van der Waals surface area (Å²) in [6.45, 7) is 1.11. The number of carboxylic acid groups (broad SMARTS) is 1. The highest BCUT2D eigenvalue weighted by Gasteiger charge is 2.29. The van der Waals surface area contributed by atoms with Gasteiger partial charge in [-0.2, -0.15) is 0 Å². The third-order valence-corrected chi connectivity index (χ3v) is 5.29. The number of benzene rings is 1. The van der Waals surface area contributed by atoms with E-state index in [0.717, 1.165) is 0 Å². The van der Waals surface area contributed by atoms with E-state index in [1.54, 1.807) is 30.3 Å². The topological polar surface area (TPSA) is 246 Å². The van der Waals surface area contributed by atoms with Gasteiger partial charge in [0.25, 0.3) is 0 Å². The Kier molecular flexibility index (Phi) is 13.8. The highest BCUT2D eigenvalue weighted by atomic mass is 16.4. The molecule has 5 atom stereocenters. The lowest BCUT2D eigenvalue weighted by Crippen LogP contribution is -2.58. The number of hydrogen-bond donors (Lipinski definition) is 9. The van der Waals surface area contributed by atoms with Gasteiger partial charge in [-0.25, -0.2) is 4.79 Å². The number of aliphatic hydroxyl groups is 2. The molecule has 0 aliphatic carbocycles. The fourth-order valence-electron chi connectivity index (χ4n) is 3.16. The SMILES string of the molecule is C[C@H](NC(=O)[C@H](CCCCN)NC(=O)[C@@H](N)CO)C(=O)N[C@@H](Cc1ccccc1)C(=O)NC(O)C(=O)O. The molecule has 0 fully saturated rings. The summed E-state index contributed by atoms with van der Waals surface area (Å²) in [7, 11) is 0. The lowest BCUT2D eigenvalue weighted by Gasteiger charge is -2.24. The van der Waals surface area contributed by atoms with E-state index in [0.29, 0.717) is 24.9 Å². The Morgan fingerprint density at radius 1 is 0.865 bits per heavy atom. The Balaban J connectivity index is 2.92. The molecule has 1 unspecified atom stereocenters. The molecule has 1 rings (SSSR count). The van der Waals surface area contributed by atoms with Gasteiger partial charge < -0.3 is 48.1 Å². The molecule has 0 heterocycles. The molecule has 0 bridgehead atoms. The van der Waals surface area contributed by atoms with Crippen molar-refractivity contribution in [2.45, 2.75) is 63.0 Å². The molecule has 1 aromatic rings. The third-order valence-electron chi connectivity index (χ3n) is 5.29. The third kappa shape index (κ3) is 11.3. The van der Waals surface area contributed by atoms with Crippen LogP contribution in [-0.4, -0.2) is 88.5 Å². The zero-order valence-electron chi connectivity index (χ0n) is 20.6. The number of rotatable bonds is 16. The van der Waals surface area contributed by atoms with Crippen molar-refractivity contribution in [3.05, 3.63) is 35.9 Å². The predicted molar refractivity (Wildman–Crippen MR) is 131 cm³/mol. The Hall–Kier alpha value is -3.59. The Morgan fingerprint density at radius 3 is 2.03 bits per heavy atom. The van der Waals surface area contributed by atoms with E-state index < -0.39 is 66.6 Å². The van der Waals surface area contributed by atoms with Crippen LogP contribution in [0, 0.1) is 0 Å². The van der Waals surface area contributed by atoms with Crippen LogP contribution in [0.25, 0.3) is 0 Å². The molecule has 0 radical (unpaired) electrons. The first-order valence-corrected chi connectivity index (χ1v) is 11.7. The molecule has 0 saturated heterocycles. The molecule has 0 saturated carbocycles. The minimum absolute atomic E-state index is 0.0256.